The number of carbonyl (C=O) groups is 1. The maximum Gasteiger partial charge on any atom is 0.251 e. The van der Waals surface area contributed by atoms with Gasteiger partial charge in [-0.15, -0.1) is 11.6 Å². The van der Waals surface area contributed by atoms with Gasteiger partial charge in [0.15, 0.2) is 0 Å². The van der Waals surface area contributed by atoms with E-state index in [2.05, 4.69) is 5.32 Å². The number of hydrogen-bond acceptors (Lipinski definition) is 1. The third-order valence-corrected chi connectivity index (χ3v) is 3.33. The molecular formula is C16H15ClFNO. The molecule has 4 heteroatoms. The molecule has 0 aliphatic rings. The second-order valence-corrected chi connectivity index (χ2v) is 4.83. The lowest BCUT2D eigenvalue weighted by Gasteiger charge is -2.16. The summed E-state index contributed by atoms with van der Waals surface area (Å²) in [6, 6.07) is 15.1. The lowest BCUT2D eigenvalue weighted by atomic mass is 10.1. The second kappa shape index (κ2) is 7.06. The zero-order chi connectivity index (χ0) is 14.4. The third kappa shape index (κ3) is 4.07. The van der Waals surface area contributed by atoms with Crippen LogP contribution in [0, 0.1) is 5.82 Å². The third-order valence-electron chi connectivity index (χ3n) is 2.95. The highest BCUT2D eigenvalue weighted by Gasteiger charge is 2.13. The topological polar surface area (TPSA) is 29.1 Å². The fraction of sp³-hybridized carbons (Fsp3) is 0.188. The summed E-state index contributed by atoms with van der Waals surface area (Å²) in [5.74, 6) is -0.284. The van der Waals surface area contributed by atoms with Crippen LogP contribution in [-0.2, 0) is 6.42 Å². The number of nitrogens with one attached hydrogen (secondary N) is 1. The first-order valence-electron chi connectivity index (χ1n) is 6.35. The molecule has 2 nitrogen and oxygen atoms in total. The van der Waals surface area contributed by atoms with E-state index in [-0.39, 0.29) is 17.8 Å². The van der Waals surface area contributed by atoms with Crippen molar-refractivity contribution in [2.24, 2.45) is 0 Å². The van der Waals surface area contributed by atoms with Crippen LogP contribution >= 0.6 is 11.6 Å². The Bertz CT molecular complexity index is 556. The van der Waals surface area contributed by atoms with E-state index in [1.54, 1.807) is 0 Å². The predicted molar refractivity (Wildman–Crippen MR) is 78.5 cm³/mol. The molecule has 2 aromatic carbocycles. The molecule has 1 N–H and O–H groups in total. The molecule has 0 aromatic heterocycles. The van der Waals surface area contributed by atoms with E-state index in [0.717, 1.165) is 5.56 Å². The van der Waals surface area contributed by atoms with Crippen molar-refractivity contribution in [2.45, 2.75) is 12.5 Å². The average molecular weight is 292 g/mol. The Kier molecular flexibility index (Phi) is 5.13. The summed E-state index contributed by atoms with van der Waals surface area (Å²) in [4.78, 5) is 12.0. The van der Waals surface area contributed by atoms with Gasteiger partial charge in [0.2, 0.25) is 0 Å². The van der Waals surface area contributed by atoms with Crippen LogP contribution in [0.25, 0.3) is 0 Å². The summed E-state index contributed by atoms with van der Waals surface area (Å²) in [6.07, 6.45) is 0.664. The van der Waals surface area contributed by atoms with E-state index in [0.29, 0.717) is 17.9 Å². The van der Waals surface area contributed by atoms with Crippen molar-refractivity contribution in [3.05, 3.63) is 71.5 Å². The van der Waals surface area contributed by atoms with E-state index in [9.17, 15) is 9.18 Å². The fourth-order valence-corrected chi connectivity index (χ4v) is 2.10. The number of carbonyl (C=O) groups excluding carboxylic acids is 1. The minimum atomic E-state index is -0.361. The van der Waals surface area contributed by atoms with Gasteiger partial charge in [0.05, 0.1) is 0 Å². The monoisotopic (exact) mass is 291 g/mol. The first kappa shape index (κ1) is 14.5. The lowest BCUT2D eigenvalue weighted by Crippen LogP contribution is -2.37. The second-order valence-electron chi connectivity index (χ2n) is 4.52. The van der Waals surface area contributed by atoms with Crippen LogP contribution in [0.2, 0.25) is 0 Å². The largest absolute Gasteiger partial charge is 0.348 e. The Morgan fingerprint density at radius 2 is 1.75 bits per heavy atom. The molecule has 0 heterocycles. The Hall–Kier alpha value is -1.87. The first-order valence-corrected chi connectivity index (χ1v) is 6.89. The van der Waals surface area contributed by atoms with Gasteiger partial charge in [-0.2, -0.15) is 0 Å². The zero-order valence-corrected chi connectivity index (χ0v) is 11.6. The molecule has 0 aliphatic carbocycles. The van der Waals surface area contributed by atoms with Gasteiger partial charge in [-0.1, -0.05) is 30.3 Å². The highest BCUT2D eigenvalue weighted by molar-refractivity contribution is 6.18. The van der Waals surface area contributed by atoms with Crippen molar-refractivity contribution < 1.29 is 9.18 Å². The lowest BCUT2D eigenvalue weighted by molar-refractivity contribution is 0.0940. The molecule has 1 unspecified atom stereocenters. The molecule has 0 aliphatic heterocycles. The van der Waals surface area contributed by atoms with Crippen LogP contribution < -0.4 is 5.32 Å². The average Bonchev–Trinajstić information content (AvgIpc) is 2.48. The Morgan fingerprint density at radius 3 is 2.35 bits per heavy atom. The van der Waals surface area contributed by atoms with Crippen molar-refractivity contribution in [1.82, 2.24) is 5.32 Å². The molecule has 0 saturated carbocycles. The van der Waals surface area contributed by atoms with E-state index >= 15 is 0 Å². The smallest absolute Gasteiger partial charge is 0.251 e. The van der Waals surface area contributed by atoms with Crippen LogP contribution in [0.1, 0.15) is 15.9 Å². The Balaban J connectivity index is 1.99. The van der Waals surface area contributed by atoms with E-state index < -0.39 is 0 Å². The van der Waals surface area contributed by atoms with E-state index in [4.69, 9.17) is 11.6 Å². The summed E-state index contributed by atoms with van der Waals surface area (Å²) < 4.78 is 12.8. The maximum atomic E-state index is 12.8. The number of hydrogen-bond donors (Lipinski definition) is 1. The van der Waals surface area contributed by atoms with Gasteiger partial charge in [0.1, 0.15) is 5.82 Å². The van der Waals surface area contributed by atoms with E-state index in [1.807, 2.05) is 30.3 Å². The Morgan fingerprint density at radius 1 is 1.10 bits per heavy atom. The number of amides is 1. The Labute approximate surface area is 122 Å². The van der Waals surface area contributed by atoms with Crippen molar-refractivity contribution in [3.63, 3.8) is 0 Å². The summed E-state index contributed by atoms with van der Waals surface area (Å²) in [7, 11) is 0. The molecule has 0 radical (unpaired) electrons. The fourth-order valence-electron chi connectivity index (χ4n) is 1.91. The molecule has 2 aromatic rings. The molecule has 20 heavy (non-hydrogen) atoms. The zero-order valence-electron chi connectivity index (χ0n) is 10.9. The summed E-state index contributed by atoms with van der Waals surface area (Å²) in [6.45, 7) is 0. The number of halogens is 2. The molecular weight excluding hydrogens is 277 g/mol. The number of alkyl halides is 1. The van der Waals surface area contributed by atoms with Crippen molar-refractivity contribution in [3.8, 4) is 0 Å². The van der Waals surface area contributed by atoms with Gasteiger partial charge in [0, 0.05) is 17.5 Å². The molecule has 0 spiro atoms. The van der Waals surface area contributed by atoms with Gasteiger partial charge in [-0.25, -0.2) is 4.39 Å². The minimum absolute atomic E-state index is 0.156. The van der Waals surface area contributed by atoms with Crippen molar-refractivity contribution >= 4 is 17.5 Å². The van der Waals surface area contributed by atoms with Crippen molar-refractivity contribution in [1.29, 1.82) is 0 Å². The standard InChI is InChI=1S/C16H15ClFNO/c17-11-15(10-12-4-2-1-3-5-12)19-16(20)13-6-8-14(18)9-7-13/h1-9,15H,10-11H2,(H,19,20). The minimum Gasteiger partial charge on any atom is -0.348 e. The number of rotatable bonds is 5. The van der Waals surface area contributed by atoms with E-state index in [1.165, 1.54) is 24.3 Å². The SMILES string of the molecule is O=C(NC(CCl)Cc1ccccc1)c1ccc(F)cc1. The van der Waals surface area contributed by atoms with Gasteiger partial charge in [0.25, 0.3) is 5.91 Å². The number of benzene rings is 2. The van der Waals surface area contributed by atoms with Gasteiger partial charge in [-0.05, 0) is 36.2 Å². The predicted octanol–water partition coefficient (Wildman–Crippen LogP) is 3.41. The highest BCUT2D eigenvalue weighted by Crippen LogP contribution is 2.07. The summed E-state index contributed by atoms with van der Waals surface area (Å²) in [5, 5.41) is 2.86. The van der Waals surface area contributed by atoms with Crippen LogP contribution in [0.4, 0.5) is 4.39 Å². The normalized spacial score (nSPS) is 11.9. The molecule has 0 saturated heterocycles. The molecule has 1 atom stereocenters. The van der Waals surface area contributed by atoms with Gasteiger partial charge in [-0.3, -0.25) is 4.79 Å². The van der Waals surface area contributed by atoms with Crippen LogP contribution in [-0.4, -0.2) is 17.8 Å². The van der Waals surface area contributed by atoms with Gasteiger partial charge >= 0.3 is 0 Å². The van der Waals surface area contributed by atoms with Crippen LogP contribution in [0.3, 0.4) is 0 Å². The molecule has 0 fully saturated rings. The van der Waals surface area contributed by atoms with Crippen LogP contribution in [0.15, 0.2) is 54.6 Å². The summed E-state index contributed by atoms with van der Waals surface area (Å²) >= 11 is 5.90. The van der Waals surface area contributed by atoms with Gasteiger partial charge < -0.3 is 5.32 Å². The summed E-state index contributed by atoms with van der Waals surface area (Å²) in [5.41, 5.74) is 1.53. The molecule has 104 valence electrons. The first-order chi connectivity index (χ1) is 9.69. The molecule has 0 bridgehead atoms. The highest BCUT2D eigenvalue weighted by atomic mass is 35.5. The van der Waals surface area contributed by atoms with Crippen molar-refractivity contribution in [2.75, 3.05) is 5.88 Å². The molecule has 1 amide bonds. The maximum absolute atomic E-state index is 12.8. The molecule has 2 rings (SSSR count). The quantitative estimate of drug-likeness (QED) is 0.841. The van der Waals surface area contributed by atoms with Crippen LogP contribution in [0.5, 0.6) is 0 Å².